The maximum absolute atomic E-state index is 15.0. The van der Waals surface area contributed by atoms with Crippen LogP contribution in [0, 0.1) is 23.3 Å². The zero-order valence-electron chi connectivity index (χ0n) is 15.5. The van der Waals surface area contributed by atoms with Gasteiger partial charge in [-0.25, -0.2) is 27.5 Å². The highest BCUT2D eigenvalue weighted by atomic mass is 19.2. The van der Waals surface area contributed by atoms with E-state index in [2.05, 4.69) is 15.3 Å². The monoisotopic (exact) mass is 425 g/mol. The maximum atomic E-state index is 15.0. The lowest BCUT2D eigenvalue weighted by Gasteiger charge is -2.12. The Labute approximate surface area is 172 Å². The van der Waals surface area contributed by atoms with Crippen LogP contribution in [0.4, 0.5) is 23.2 Å². The molecule has 3 aromatic carbocycles. The number of hydrogen-bond acceptors (Lipinski definition) is 4. The van der Waals surface area contributed by atoms with Gasteiger partial charge in [-0.15, -0.1) is 0 Å². The Hall–Kier alpha value is -4.14. The van der Waals surface area contributed by atoms with Gasteiger partial charge in [0.2, 0.25) is 0 Å². The molecule has 0 saturated heterocycles. The summed E-state index contributed by atoms with van der Waals surface area (Å²) < 4.78 is 56.5. The number of amides is 1. The van der Waals surface area contributed by atoms with Crippen molar-refractivity contribution in [2.24, 2.45) is 0 Å². The predicted octanol–water partition coefficient (Wildman–Crippen LogP) is 4.67. The number of ketones is 1. The van der Waals surface area contributed by atoms with Gasteiger partial charge >= 0.3 is 0 Å². The van der Waals surface area contributed by atoms with Crippen LogP contribution in [0.3, 0.4) is 0 Å². The van der Waals surface area contributed by atoms with E-state index in [1.807, 2.05) is 0 Å². The van der Waals surface area contributed by atoms with Crippen molar-refractivity contribution in [3.05, 3.63) is 101 Å². The average molecular weight is 425 g/mol. The van der Waals surface area contributed by atoms with Gasteiger partial charge in [0.15, 0.2) is 23.2 Å². The Morgan fingerprint density at radius 3 is 2.29 bits per heavy atom. The van der Waals surface area contributed by atoms with E-state index in [9.17, 15) is 27.2 Å². The molecular formula is C22H11F4N3O2. The number of nitrogens with one attached hydrogen (secondary N) is 1. The van der Waals surface area contributed by atoms with Gasteiger partial charge in [0.25, 0.3) is 5.91 Å². The van der Waals surface area contributed by atoms with Crippen molar-refractivity contribution in [1.82, 2.24) is 9.97 Å². The van der Waals surface area contributed by atoms with Crippen molar-refractivity contribution >= 4 is 28.3 Å². The van der Waals surface area contributed by atoms with Crippen molar-refractivity contribution in [3.63, 3.8) is 0 Å². The fourth-order valence-electron chi connectivity index (χ4n) is 2.96. The van der Waals surface area contributed by atoms with Crippen LogP contribution in [0.5, 0.6) is 0 Å². The van der Waals surface area contributed by atoms with E-state index in [0.717, 1.165) is 24.3 Å². The third-order valence-corrected chi connectivity index (χ3v) is 4.50. The predicted molar refractivity (Wildman–Crippen MR) is 104 cm³/mol. The summed E-state index contributed by atoms with van der Waals surface area (Å²) in [5, 5.41) is 2.52. The Morgan fingerprint density at radius 2 is 1.55 bits per heavy atom. The van der Waals surface area contributed by atoms with Crippen LogP contribution in [-0.4, -0.2) is 21.7 Å². The van der Waals surface area contributed by atoms with Gasteiger partial charge in [-0.1, -0.05) is 0 Å². The van der Waals surface area contributed by atoms with E-state index in [4.69, 9.17) is 0 Å². The molecule has 0 bridgehead atoms. The van der Waals surface area contributed by atoms with E-state index < -0.39 is 46.2 Å². The fraction of sp³-hybridized carbons (Fsp3) is 0. The lowest BCUT2D eigenvalue weighted by molar-refractivity contribution is 0.101. The molecule has 5 nitrogen and oxygen atoms in total. The fourth-order valence-corrected chi connectivity index (χ4v) is 2.96. The van der Waals surface area contributed by atoms with E-state index in [1.165, 1.54) is 30.7 Å². The van der Waals surface area contributed by atoms with Crippen LogP contribution in [0.2, 0.25) is 0 Å². The summed E-state index contributed by atoms with van der Waals surface area (Å²) in [6.07, 6.45) is 2.71. The second kappa shape index (κ2) is 7.94. The molecule has 0 unspecified atom stereocenters. The minimum Gasteiger partial charge on any atom is -0.319 e. The van der Waals surface area contributed by atoms with Crippen LogP contribution in [-0.2, 0) is 0 Å². The molecule has 154 valence electrons. The van der Waals surface area contributed by atoms with Crippen molar-refractivity contribution in [3.8, 4) is 0 Å². The first-order valence-corrected chi connectivity index (χ1v) is 8.84. The molecule has 0 fully saturated rings. The lowest BCUT2D eigenvalue weighted by Crippen LogP contribution is -2.17. The second-order valence-corrected chi connectivity index (χ2v) is 6.50. The Kier molecular flexibility index (Phi) is 5.16. The van der Waals surface area contributed by atoms with E-state index in [0.29, 0.717) is 17.0 Å². The Balaban J connectivity index is 1.73. The van der Waals surface area contributed by atoms with Crippen LogP contribution in [0.1, 0.15) is 26.3 Å². The molecule has 1 N–H and O–H groups in total. The van der Waals surface area contributed by atoms with E-state index in [1.54, 1.807) is 0 Å². The van der Waals surface area contributed by atoms with Gasteiger partial charge in [0.05, 0.1) is 16.8 Å². The molecule has 0 spiro atoms. The number of halogens is 4. The molecule has 31 heavy (non-hydrogen) atoms. The molecule has 0 saturated carbocycles. The number of aromatic nitrogens is 2. The summed E-state index contributed by atoms with van der Waals surface area (Å²) in [6.45, 7) is 0. The number of fused-ring (bicyclic) bond motifs is 1. The van der Waals surface area contributed by atoms with E-state index in [-0.39, 0.29) is 11.1 Å². The zero-order valence-corrected chi connectivity index (χ0v) is 15.5. The first-order valence-electron chi connectivity index (χ1n) is 8.84. The standard InChI is InChI=1S/C22H11F4N3O2/c23-14-4-1-11(2-5-14)22(31)29-17-8-15(24)19(25)18(20(17)26)21(30)12-3-6-16-13(7-12)9-27-10-28-16/h1-10H,(H,29,31). The lowest BCUT2D eigenvalue weighted by atomic mass is 9.99. The van der Waals surface area contributed by atoms with Crippen molar-refractivity contribution in [2.75, 3.05) is 5.32 Å². The molecule has 0 radical (unpaired) electrons. The van der Waals surface area contributed by atoms with Gasteiger partial charge in [-0.2, -0.15) is 0 Å². The van der Waals surface area contributed by atoms with Crippen LogP contribution in [0.15, 0.2) is 61.1 Å². The molecule has 0 aliphatic rings. The molecule has 0 aliphatic heterocycles. The van der Waals surface area contributed by atoms with Gasteiger partial charge in [0.1, 0.15) is 12.1 Å². The smallest absolute Gasteiger partial charge is 0.255 e. The SMILES string of the molecule is O=C(Nc1cc(F)c(F)c(C(=O)c2ccc3ncncc3c2)c1F)c1ccc(F)cc1. The Morgan fingerprint density at radius 1 is 0.839 bits per heavy atom. The van der Waals surface area contributed by atoms with Crippen LogP contribution < -0.4 is 5.32 Å². The van der Waals surface area contributed by atoms with Gasteiger partial charge < -0.3 is 5.32 Å². The molecule has 1 amide bonds. The number of carbonyl (C=O) groups is 2. The van der Waals surface area contributed by atoms with Crippen molar-refractivity contribution in [1.29, 1.82) is 0 Å². The topological polar surface area (TPSA) is 72.0 Å². The molecule has 1 heterocycles. The molecule has 0 aliphatic carbocycles. The summed E-state index contributed by atoms with van der Waals surface area (Å²) in [5.74, 6) is -7.27. The highest BCUT2D eigenvalue weighted by Crippen LogP contribution is 2.27. The number of rotatable bonds is 4. The zero-order chi connectivity index (χ0) is 22.1. The molecule has 4 rings (SSSR count). The highest BCUT2D eigenvalue weighted by Gasteiger charge is 2.26. The number of anilines is 1. The summed E-state index contributed by atoms with van der Waals surface area (Å²) in [5.41, 5.74) is -1.57. The minimum absolute atomic E-state index is 0.0482. The third-order valence-electron chi connectivity index (χ3n) is 4.50. The van der Waals surface area contributed by atoms with Crippen molar-refractivity contribution < 1.29 is 27.2 Å². The third kappa shape index (κ3) is 3.85. The number of hydrogen-bond donors (Lipinski definition) is 1. The molecule has 0 atom stereocenters. The normalized spacial score (nSPS) is 10.8. The average Bonchev–Trinajstić information content (AvgIpc) is 2.77. The van der Waals surface area contributed by atoms with Gasteiger partial charge in [-0.05, 0) is 42.5 Å². The number of nitrogens with zero attached hydrogens (tertiary/aromatic N) is 2. The van der Waals surface area contributed by atoms with E-state index >= 15 is 0 Å². The molecule has 1 aromatic heterocycles. The second-order valence-electron chi connectivity index (χ2n) is 6.50. The summed E-state index contributed by atoms with van der Waals surface area (Å²) in [4.78, 5) is 32.8. The first kappa shape index (κ1) is 20.1. The van der Waals surface area contributed by atoms with Crippen molar-refractivity contribution in [2.45, 2.75) is 0 Å². The quantitative estimate of drug-likeness (QED) is 0.293. The first-order chi connectivity index (χ1) is 14.8. The van der Waals surface area contributed by atoms with Crippen LogP contribution >= 0.6 is 0 Å². The molecule has 9 heteroatoms. The number of carbonyl (C=O) groups excluding carboxylic acids is 2. The Bertz CT molecular complexity index is 1340. The van der Waals surface area contributed by atoms with Gasteiger partial charge in [0, 0.05) is 28.8 Å². The maximum Gasteiger partial charge on any atom is 0.255 e. The van der Waals surface area contributed by atoms with Crippen LogP contribution in [0.25, 0.3) is 10.9 Å². The largest absolute Gasteiger partial charge is 0.319 e. The minimum atomic E-state index is -1.69. The number of benzene rings is 3. The molecule has 4 aromatic rings. The molecular weight excluding hydrogens is 414 g/mol. The van der Waals surface area contributed by atoms with Gasteiger partial charge in [-0.3, -0.25) is 9.59 Å². The summed E-state index contributed by atoms with van der Waals surface area (Å²) >= 11 is 0. The summed E-state index contributed by atoms with van der Waals surface area (Å²) in [6, 6.07) is 8.77. The highest BCUT2D eigenvalue weighted by molar-refractivity contribution is 6.12. The summed E-state index contributed by atoms with van der Waals surface area (Å²) in [7, 11) is 0.